The molecule has 0 aliphatic carbocycles. The number of nitrogen functional groups attached to an aromatic ring is 1. The standard InChI is InChI=1S/C13H13N5O/c14-18-13-16-11-4-2-1-3-10(11)12(17-13)15-7-9-5-6-19-8-9/h1-6,8H,7,14H2,(H2,15,16,17,18). The van der Waals surface area contributed by atoms with E-state index in [1.54, 1.807) is 12.5 Å². The summed E-state index contributed by atoms with van der Waals surface area (Å²) >= 11 is 0. The molecule has 4 N–H and O–H groups in total. The fourth-order valence-electron chi connectivity index (χ4n) is 1.85. The molecule has 1 aromatic carbocycles. The minimum absolute atomic E-state index is 0.383. The molecule has 19 heavy (non-hydrogen) atoms. The second-order valence-electron chi connectivity index (χ2n) is 4.04. The SMILES string of the molecule is NNc1nc(NCc2ccoc2)c2ccccc2n1. The highest BCUT2D eigenvalue weighted by Gasteiger charge is 2.06. The molecule has 0 bridgehead atoms. The molecule has 2 aromatic heterocycles. The summed E-state index contributed by atoms with van der Waals surface area (Å²) in [4.78, 5) is 8.62. The predicted octanol–water partition coefficient (Wildman–Crippen LogP) is 2.12. The zero-order chi connectivity index (χ0) is 13.1. The predicted molar refractivity (Wildman–Crippen MR) is 73.4 cm³/mol. The summed E-state index contributed by atoms with van der Waals surface area (Å²) in [5, 5.41) is 4.21. The van der Waals surface area contributed by atoms with Crippen LogP contribution < -0.4 is 16.6 Å². The Morgan fingerprint density at radius 1 is 1.16 bits per heavy atom. The van der Waals surface area contributed by atoms with Crippen molar-refractivity contribution in [1.82, 2.24) is 9.97 Å². The maximum Gasteiger partial charge on any atom is 0.239 e. The van der Waals surface area contributed by atoms with E-state index in [2.05, 4.69) is 20.7 Å². The molecule has 0 saturated heterocycles. The second kappa shape index (κ2) is 4.95. The number of rotatable bonds is 4. The molecule has 3 aromatic rings. The molecule has 0 atom stereocenters. The average Bonchev–Trinajstić information content (AvgIpc) is 2.97. The van der Waals surface area contributed by atoms with Gasteiger partial charge in [0.2, 0.25) is 5.95 Å². The topological polar surface area (TPSA) is 89.0 Å². The molecule has 2 heterocycles. The minimum atomic E-state index is 0.383. The van der Waals surface area contributed by atoms with E-state index in [-0.39, 0.29) is 0 Å². The summed E-state index contributed by atoms with van der Waals surface area (Å²) in [6, 6.07) is 9.66. The Morgan fingerprint density at radius 3 is 2.84 bits per heavy atom. The summed E-state index contributed by atoms with van der Waals surface area (Å²) in [6.45, 7) is 0.627. The fraction of sp³-hybridized carbons (Fsp3) is 0.0769. The van der Waals surface area contributed by atoms with Gasteiger partial charge in [-0.15, -0.1) is 0 Å². The van der Waals surface area contributed by atoms with E-state index >= 15 is 0 Å². The Labute approximate surface area is 109 Å². The van der Waals surface area contributed by atoms with Gasteiger partial charge in [0, 0.05) is 17.5 Å². The number of nitrogens with zero attached hydrogens (tertiary/aromatic N) is 2. The molecule has 96 valence electrons. The van der Waals surface area contributed by atoms with Crippen LogP contribution in [-0.2, 0) is 6.54 Å². The van der Waals surface area contributed by atoms with E-state index < -0.39 is 0 Å². The van der Waals surface area contributed by atoms with Gasteiger partial charge in [0.1, 0.15) is 5.82 Å². The summed E-state index contributed by atoms with van der Waals surface area (Å²) in [5.41, 5.74) is 4.35. The van der Waals surface area contributed by atoms with Gasteiger partial charge in [0.25, 0.3) is 0 Å². The number of hydrogen-bond donors (Lipinski definition) is 3. The van der Waals surface area contributed by atoms with Crippen LogP contribution in [0.3, 0.4) is 0 Å². The van der Waals surface area contributed by atoms with Crippen LogP contribution >= 0.6 is 0 Å². The van der Waals surface area contributed by atoms with Crippen molar-refractivity contribution >= 4 is 22.7 Å². The molecule has 0 fully saturated rings. The number of para-hydroxylation sites is 1. The van der Waals surface area contributed by atoms with Crippen LogP contribution in [0.4, 0.5) is 11.8 Å². The first kappa shape index (κ1) is 11.5. The van der Waals surface area contributed by atoms with E-state index in [0.29, 0.717) is 12.5 Å². The van der Waals surface area contributed by atoms with E-state index in [0.717, 1.165) is 22.3 Å². The number of nitrogens with one attached hydrogen (secondary N) is 2. The first-order valence-corrected chi connectivity index (χ1v) is 5.85. The Hall–Kier alpha value is -2.60. The molecule has 0 aliphatic rings. The third-order valence-electron chi connectivity index (χ3n) is 2.77. The molecule has 0 spiro atoms. The maximum atomic E-state index is 5.38. The monoisotopic (exact) mass is 255 g/mol. The molecule has 0 amide bonds. The highest BCUT2D eigenvalue weighted by molar-refractivity contribution is 5.89. The van der Waals surface area contributed by atoms with Gasteiger partial charge in [0.05, 0.1) is 18.0 Å². The molecule has 0 aliphatic heterocycles. The van der Waals surface area contributed by atoms with Crippen LogP contribution in [0, 0.1) is 0 Å². The normalized spacial score (nSPS) is 10.6. The fourth-order valence-corrected chi connectivity index (χ4v) is 1.85. The lowest BCUT2D eigenvalue weighted by Crippen LogP contribution is -2.12. The number of fused-ring (bicyclic) bond motifs is 1. The van der Waals surface area contributed by atoms with Crippen molar-refractivity contribution in [3.05, 3.63) is 48.4 Å². The van der Waals surface area contributed by atoms with Gasteiger partial charge in [-0.2, -0.15) is 4.98 Å². The molecule has 0 unspecified atom stereocenters. The van der Waals surface area contributed by atoms with E-state index in [1.165, 1.54) is 0 Å². The van der Waals surface area contributed by atoms with Crippen molar-refractivity contribution in [2.24, 2.45) is 5.84 Å². The van der Waals surface area contributed by atoms with Crippen molar-refractivity contribution in [3.63, 3.8) is 0 Å². The summed E-state index contributed by atoms with van der Waals surface area (Å²) in [5.74, 6) is 6.50. The largest absolute Gasteiger partial charge is 0.472 e. The van der Waals surface area contributed by atoms with Gasteiger partial charge >= 0.3 is 0 Å². The molecule has 0 radical (unpaired) electrons. The Morgan fingerprint density at radius 2 is 2.05 bits per heavy atom. The number of anilines is 2. The first-order valence-electron chi connectivity index (χ1n) is 5.85. The van der Waals surface area contributed by atoms with Gasteiger partial charge in [-0.05, 0) is 18.2 Å². The van der Waals surface area contributed by atoms with Gasteiger partial charge < -0.3 is 9.73 Å². The summed E-state index contributed by atoms with van der Waals surface area (Å²) < 4.78 is 5.03. The minimum Gasteiger partial charge on any atom is -0.472 e. The number of hydrazine groups is 1. The Kier molecular flexibility index (Phi) is 2.99. The number of nitrogens with two attached hydrogens (primary N) is 1. The van der Waals surface area contributed by atoms with E-state index in [4.69, 9.17) is 10.3 Å². The van der Waals surface area contributed by atoms with Crippen LogP contribution in [0.15, 0.2) is 47.3 Å². The van der Waals surface area contributed by atoms with Crippen LogP contribution in [0.25, 0.3) is 10.9 Å². The quantitative estimate of drug-likeness (QED) is 0.489. The lowest BCUT2D eigenvalue weighted by atomic mass is 10.2. The highest BCUT2D eigenvalue weighted by Crippen LogP contribution is 2.22. The highest BCUT2D eigenvalue weighted by atomic mass is 16.3. The van der Waals surface area contributed by atoms with E-state index in [1.807, 2.05) is 30.3 Å². The summed E-state index contributed by atoms with van der Waals surface area (Å²) in [7, 11) is 0. The summed E-state index contributed by atoms with van der Waals surface area (Å²) in [6.07, 6.45) is 3.33. The zero-order valence-corrected chi connectivity index (χ0v) is 10.1. The third kappa shape index (κ3) is 2.34. The van der Waals surface area contributed by atoms with E-state index in [9.17, 15) is 0 Å². The Bertz CT molecular complexity index is 681. The first-order chi connectivity index (χ1) is 9.36. The van der Waals surface area contributed by atoms with Crippen molar-refractivity contribution < 1.29 is 4.42 Å². The van der Waals surface area contributed by atoms with Gasteiger partial charge in [-0.1, -0.05) is 12.1 Å². The molecule has 6 nitrogen and oxygen atoms in total. The van der Waals surface area contributed by atoms with Crippen LogP contribution in [0.2, 0.25) is 0 Å². The molecule has 0 saturated carbocycles. The molecule has 3 rings (SSSR count). The van der Waals surface area contributed by atoms with Crippen molar-refractivity contribution in [1.29, 1.82) is 0 Å². The zero-order valence-electron chi connectivity index (χ0n) is 10.1. The molecule has 6 heteroatoms. The molecular weight excluding hydrogens is 242 g/mol. The lowest BCUT2D eigenvalue weighted by Gasteiger charge is -2.09. The van der Waals surface area contributed by atoms with Gasteiger partial charge in [-0.3, -0.25) is 5.43 Å². The van der Waals surface area contributed by atoms with Gasteiger partial charge in [-0.25, -0.2) is 10.8 Å². The lowest BCUT2D eigenvalue weighted by molar-refractivity contribution is 0.564. The number of furan rings is 1. The van der Waals surface area contributed by atoms with Crippen molar-refractivity contribution in [3.8, 4) is 0 Å². The average molecular weight is 255 g/mol. The van der Waals surface area contributed by atoms with Crippen LogP contribution in [0.1, 0.15) is 5.56 Å². The smallest absolute Gasteiger partial charge is 0.239 e. The Balaban J connectivity index is 1.96. The second-order valence-corrected chi connectivity index (χ2v) is 4.04. The van der Waals surface area contributed by atoms with Crippen molar-refractivity contribution in [2.45, 2.75) is 6.54 Å². The number of aromatic nitrogens is 2. The van der Waals surface area contributed by atoms with Gasteiger partial charge in [0.15, 0.2) is 0 Å². The number of benzene rings is 1. The van der Waals surface area contributed by atoms with Crippen LogP contribution in [0.5, 0.6) is 0 Å². The maximum absolute atomic E-state index is 5.38. The number of hydrogen-bond acceptors (Lipinski definition) is 6. The van der Waals surface area contributed by atoms with Crippen molar-refractivity contribution in [2.75, 3.05) is 10.7 Å². The van der Waals surface area contributed by atoms with Crippen LogP contribution in [-0.4, -0.2) is 9.97 Å². The molecular formula is C13H13N5O. The third-order valence-corrected chi connectivity index (χ3v) is 2.77.